The van der Waals surface area contributed by atoms with Crippen LogP contribution in [0.5, 0.6) is 0 Å². The molecule has 0 aliphatic heterocycles. The second-order valence-electron chi connectivity index (χ2n) is 5.79. The third-order valence-corrected chi connectivity index (χ3v) is 5.37. The average Bonchev–Trinajstić information content (AvgIpc) is 3.07. The van der Waals surface area contributed by atoms with Gasteiger partial charge >= 0.3 is 0 Å². The molecule has 25 heavy (non-hydrogen) atoms. The first-order valence-electron chi connectivity index (χ1n) is 7.56. The fourth-order valence-electron chi connectivity index (χ4n) is 2.54. The van der Waals surface area contributed by atoms with Crippen LogP contribution in [0.2, 0.25) is 5.02 Å². The molecule has 0 amide bonds. The number of aryl methyl sites for hydroxylation is 2. The topological polar surface area (TPSA) is 81.8 Å². The smallest absolute Gasteiger partial charge is 0.265 e. The van der Waals surface area contributed by atoms with Gasteiger partial charge in [-0.3, -0.25) is 14.1 Å². The first-order chi connectivity index (χ1) is 11.8. The van der Waals surface area contributed by atoms with Crippen LogP contribution in [0.4, 0.5) is 5.69 Å². The number of benzene rings is 1. The number of halogens is 1. The van der Waals surface area contributed by atoms with E-state index in [1.165, 1.54) is 17.1 Å². The number of rotatable bonds is 5. The summed E-state index contributed by atoms with van der Waals surface area (Å²) in [5.41, 5.74) is 2.79. The Morgan fingerprint density at radius 3 is 2.68 bits per heavy atom. The van der Waals surface area contributed by atoms with Crippen LogP contribution in [0.1, 0.15) is 17.0 Å². The highest BCUT2D eigenvalue weighted by molar-refractivity contribution is 7.92. The maximum absolute atomic E-state index is 12.5. The van der Waals surface area contributed by atoms with Gasteiger partial charge in [-0.15, -0.1) is 0 Å². The molecule has 132 valence electrons. The minimum absolute atomic E-state index is 0.108. The summed E-state index contributed by atoms with van der Waals surface area (Å²) in [4.78, 5) is 0.108. The molecule has 0 bridgehead atoms. The molecule has 0 unspecified atom stereocenters. The summed E-state index contributed by atoms with van der Waals surface area (Å²) in [6.45, 7) is 4.09. The minimum Gasteiger partial charge on any atom is -0.276 e. The van der Waals surface area contributed by atoms with Crippen LogP contribution in [-0.2, 0) is 23.6 Å². The second-order valence-corrected chi connectivity index (χ2v) is 7.91. The van der Waals surface area contributed by atoms with Crippen LogP contribution in [0, 0.1) is 13.8 Å². The SMILES string of the molecule is Cc1nn(Cc2cccc(Cl)c2)c(C)c1NS(=O)(=O)c1cnn(C)c1. The van der Waals surface area contributed by atoms with Crippen molar-refractivity contribution in [3.05, 3.63) is 58.6 Å². The molecule has 3 rings (SSSR count). The first kappa shape index (κ1) is 17.5. The van der Waals surface area contributed by atoms with E-state index in [-0.39, 0.29) is 4.90 Å². The Balaban J connectivity index is 1.89. The van der Waals surface area contributed by atoms with Gasteiger partial charge in [-0.25, -0.2) is 8.42 Å². The van der Waals surface area contributed by atoms with Crippen molar-refractivity contribution in [3.8, 4) is 0 Å². The highest BCUT2D eigenvalue weighted by Gasteiger charge is 2.21. The molecule has 0 aliphatic rings. The molecule has 0 aliphatic carbocycles. The summed E-state index contributed by atoms with van der Waals surface area (Å²) >= 11 is 6.02. The van der Waals surface area contributed by atoms with Gasteiger partial charge in [-0.2, -0.15) is 10.2 Å². The molecule has 2 heterocycles. The predicted molar refractivity (Wildman–Crippen MR) is 96.3 cm³/mol. The van der Waals surface area contributed by atoms with Gasteiger partial charge in [-0.05, 0) is 31.5 Å². The van der Waals surface area contributed by atoms with E-state index < -0.39 is 10.0 Å². The zero-order chi connectivity index (χ0) is 18.2. The van der Waals surface area contributed by atoms with E-state index in [1.54, 1.807) is 24.7 Å². The molecule has 0 atom stereocenters. The number of aromatic nitrogens is 4. The molecule has 7 nitrogen and oxygen atoms in total. The zero-order valence-electron chi connectivity index (χ0n) is 14.1. The van der Waals surface area contributed by atoms with Crippen molar-refractivity contribution in [2.75, 3.05) is 4.72 Å². The quantitative estimate of drug-likeness (QED) is 0.739. The normalized spacial score (nSPS) is 11.7. The number of hydrogen-bond donors (Lipinski definition) is 1. The van der Waals surface area contributed by atoms with E-state index in [0.717, 1.165) is 11.3 Å². The Kier molecular flexibility index (Phi) is 4.57. The Bertz CT molecular complexity index is 1020. The summed E-state index contributed by atoms with van der Waals surface area (Å²) in [6, 6.07) is 7.48. The summed E-state index contributed by atoms with van der Waals surface area (Å²) in [7, 11) is -2.05. The van der Waals surface area contributed by atoms with Gasteiger partial charge in [0.25, 0.3) is 10.0 Å². The third-order valence-electron chi connectivity index (χ3n) is 3.83. The molecule has 0 spiro atoms. The lowest BCUT2D eigenvalue weighted by Gasteiger charge is -2.08. The van der Waals surface area contributed by atoms with Gasteiger partial charge in [0, 0.05) is 18.3 Å². The van der Waals surface area contributed by atoms with E-state index in [0.29, 0.717) is 22.9 Å². The summed E-state index contributed by atoms with van der Waals surface area (Å²) in [5, 5.41) is 9.00. The van der Waals surface area contributed by atoms with Crippen molar-refractivity contribution in [1.29, 1.82) is 0 Å². The van der Waals surface area contributed by atoms with E-state index in [4.69, 9.17) is 11.6 Å². The second kappa shape index (κ2) is 6.53. The number of anilines is 1. The Morgan fingerprint density at radius 1 is 1.28 bits per heavy atom. The Labute approximate surface area is 151 Å². The lowest BCUT2D eigenvalue weighted by atomic mass is 10.2. The van der Waals surface area contributed by atoms with Crippen LogP contribution >= 0.6 is 11.6 Å². The van der Waals surface area contributed by atoms with Gasteiger partial charge in [0.15, 0.2) is 0 Å². The number of nitrogens with zero attached hydrogens (tertiary/aromatic N) is 4. The third kappa shape index (κ3) is 3.69. The summed E-state index contributed by atoms with van der Waals surface area (Å²) in [5.74, 6) is 0. The average molecular weight is 380 g/mol. The Morgan fingerprint density at radius 2 is 2.04 bits per heavy atom. The molecular formula is C16H18ClN5O2S. The van der Waals surface area contributed by atoms with Gasteiger partial charge < -0.3 is 0 Å². The van der Waals surface area contributed by atoms with Crippen LogP contribution in [0.15, 0.2) is 41.6 Å². The van der Waals surface area contributed by atoms with Crippen molar-refractivity contribution >= 4 is 27.3 Å². The molecule has 9 heteroatoms. The molecule has 0 fully saturated rings. The van der Waals surface area contributed by atoms with Crippen molar-refractivity contribution in [2.45, 2.75) is 25.3 Å². The molecular weight excluding hydrogens is 362 g/mol. The van der Waals surface area contributed by atoms with Gasteiger partial charge in [0.1, 0.15) is 4.90 Å². The Hall–Kier alpha value is -2.32. The molecule has 0 radical (unpaired) electrons. The number of sulfonamides is 1. The standard InChI is InChI=1S/C16H18ClN5O2S/c1-11-16(20-25(23,24)15-8-18-21(3)10-15)12(2)22(19-11)9-13-5-4-6-14(17)7-13/h4-8,10,20H,9H2,1-3H3. The molecule has 0 saturated carbocycles. The fourth-order valence-corrected chi connectivity index (χ4v) is 3.91. The monoisotopic (exact) mass is 379 g/mol. The molecule has 1 N–H and O–H groups in total. The van der Waals surface area contributed by atoms with Crippen LogP contribution in [0.3, 0.4) is 0 Å². The predicted octanol–water partition coefficient (Wildman–Crippen LogP) is 2.74. The largest absolute Gasteiger partial charge is 0.276 e. The van der Waals surface area contributed by atoms with Gasteiger partial charge in [-0.1, -0.05) is 23.7 Å². The van der Waals surface area contributed by atoms with Crippen LogP contribution in [0.25, 0.3) is 0 Å². The van der Waals surface area contributed by atoms with Gasteiger partial charge in [0.2, 0.25) is 0 Å². The number of hydrogen-bond acceptors (Lipinski definition) is 4. The number of nitrogens with one attached hydrogen (secondary N) is 1. The maximum Gasteiger partial charge on any atom is 0.265 e. The zero-order valence-corrected chi connectivity index (χ0v) is 15.6. The van der Waals surface area contributed by atoms with Crippen molar-refractivity contribution in [3.63, 3.8) is 0 Å². The molecule has 0 saturated heterocycles. The van der Waals surface area contributed by atoms with E-state index in [2.05, 4.69) is 14.9 Å². The summed E-state index contributed by atoms with van der Waals surface area (Å²) in [6.07, 6.45) is 2.76. The molecule has 2 aromatic heterocycles. The fraction of sp³-hybridized carbons (Fsp3) is 0.250. The lowest BCUT2D eigenvalue weighted by Crippen LogP contribution is -2.13. The van der Waals surface area contributed by atoms with Crippen LogP contribution < -0.4 is 4.72 Å². The van der Waals surface area contributed by atoms with Crippen molar-refractivity contribution in [1.82, 2.24) is 19.6 Å². The van der Waals surface area contributed by atoms with E-state index in [1.807, 2.05) is 25.1 Å². The first-order valence-corrected chi connectivity index (χ1v) is 9.42. The van der Waals surface area contributed by atoms with Crippen LogP contribution in [-0.4, -0.2) is 28.0 Å². The molecule has 1 aromatic carbocycles. The lowest BCUT2D eigenvalue weighted by molar-refractivity contribution is 0.601. The van der Waals surface area contributed by atoms with E-state index >= 15 is 0 Å². The minimum atomic E-state index is -3.71. The van der Waals surface area contributed by atoms with Gasteiger partial charge in [0.05, 0.1) is 29.8 Å². The highest BCUT2D eigenvalue weighted by atomic mass is 35.5. The van der Waals surface area contributed by atoms with Crippen molar-refractivity contribution in [2.24, 2.45) is 7.05 Å². The summed E-state index contributed by atoms with van der Waals surface area (Å²) < 4.78 is 30.8. The van der Waals surface area contributed by atoms with E-state index in [9.17, 15) is 8.42 Å². The maximum atomic E-state index is 12.5. The highest BCUT2D eigenvalue weighted by Crippen LogP contribution is 2.24. The molecule has 3 aromatic rings. The van der Waals surface area contributed by atoms with Crippen molar-refractivity contribution < 1.29 is 8.42 Å².